The van der Waals surface area contributed by atoms with Crippen molar-refractivity contribution in [3.63, 3.8) is 0 Å². The molecule has 0 atom stereocenters. The van der Waals surface area contributed by atoms with Gasteiger partial charge in [0, 0.05) is 26.7 Å². The number of nitrogens with zero attached hydrogens (tertiary/aromatic N) is 1. The number of benzene rings is 2. The van der Waals surface area contributed by atoms with Gasteiger partial charge in [0.15, 0.2) is 5.84 Å². The fourth-order valence-corrected chi connectivity index (χ4v) is 2.90. The van der Waals surface area contributed by atoms with E-state index in [1.807, 2.05) is 0 Å². The predicted octanol–water partition coefficient (Wildman–Crippen LogP) is 5.52. The Morgan fingerprint density at radius 3 is 2.48 bits per heavy atom. The molecule has 1 amide bonds. The summed E-state index contributed by atoms with van der Waals surface area (Å²) in [7, 11) is 0. The molecular formula is C21H15Cl2FN2O. The van der Waals surface area contributed by atoms with Gasteiger partial charge in [0.1, 0.15) is 5.83 Å². The van der Waals surface area contributed by atoms with Crippen LogP contribution in [0.2, 0.25) is 10.0 Å². The van der Waals surface area contributed by atoms with Crippen molar-refractivity contribution < 1.29 is 9.18 Å². The number of carbonyl (C=O) groups is 1. The highest BCUT2D eigenvalue weighted by Crippen LogP contribution is 2.35. The average Bonchev–Trinajstić information content (AvgIpc) is 2.66. The van der Waals surface area contributed by atoms with Gasteiger partial charge in [-0.15, -0.1) is 6.42 Å². The molecule has 2 N–H and O–H groups in total. The number of hydrogen-bond donors (Lipinski definition) is 1. The molecule has 3 nitrogen and oxygen atoms in total. The molecule has 6 heteroatoms. The molecule has 0 fully saturated rings. The van der Waals surface area contributed by atoms with Crippen LogP contribution in [0.25, 0.3) is 11.4 Å². The summed E-state index contributed by atoms with van der Waals surface area (Å²) in [5, 5.41) is 0.810. The molecule has 0 unspecified atom stereocenters. The summed E-state index contributed by atoms with van der Waals surface area (Å²) < 4.78 is 14.4. The van der Waals surface area contributed by atoms with Crippen molar-refractivity contribution in [3.8, 4) is 12.3 Å². The summed E-state index contributed by atoms with van der Waals surface area (Å²) in [6, 6.07) is 9.26. The first-order chi connectivity index (χ1) is 12.8. The van der Waals surface area contributed by atoms with Gasteiger partial charge in [0.05, 0.1) is 0 Å². The number of aliphatic imine (C=N–C) groups is 1. The third kappa shape index (κ3) is 4.65. The van der Waals surface area contributed by atoms with Crippen molar-refractivity contribution in [1.29, 1.82) is 0 Å². The summed E-state index contributed by atoms with van der Waals surface area (Å²) in [4.78, 5) is 15.8. The van der Waals surface area contributed by atoms with E-state index in [-0.39, 0.29) is 17.0 Å². The van der Waals surface area contributed by atoms with Crippen LogP contribution in [-0.2, 0) is 0 Å². The highest BCUT2D eigenvalue weighted by atomic mass is 35.5. The summed E-state index contributed by atoms with van der Waals surface area (Å²) in [6.07, 6.45) is 6.42. The van der Waals surface area contributed by atoms with Crippen molar-refractivity contribution in [1.82, 2.24) is 0 Å². The highest BCUT2D eigenvalue weighted by Gasteiger charge is 2.17. The predicted molar refractivity (Wildman–Crippen MR) is 111 cm³/mol. The molecular weight excluding hydrogens is 386 g/mol. The van der Waals surface area contributed by atoms with E-state index in [0.717, 1.165) is 0 Å². The van der Waals surface area contributed by atoms with Crippen LogP contribution in [0.5, 0.6) is 0 Å². The van der Waals surface area contributed by atoms with Gasteiger partial charge in [-0.3, -0.25) is 4.79 Å². The van der Waals surface area contributed by atoms with E-state index in [1.54, 1.807) is 25.1 Å². The second-order valence-electron chi connectivity index (χ2n) is 5.45. The first-order valence-corrected chi connectivity index (χ1v) is 8.50. The van der Waals surface area contributed by atoms with Crippen LogP contribution in [0.1, 0.15) is 34.0 Å². The first kappa shape index (κ1) is 20.4. The minimum atomic E-state index is -0.644. The Hall–Kier alpha value is -2.87. The van der Waals surface area contributed by atoms with Crippen LogP contribution >= 0.6 is 23.2 Å². The van der Waals surface area contributed by atoms with Gasteiger partial charge in [0.25, 0.3) is 5.91 Å². The zero-order valence-electron chi connectivity index (χ0n) is 14.4. The highest BCUT2D eigenvalue weighted by molar-refractivity contribution is 6.35. The SMILES string of the molecule is C#C/C(N)=N\C(=O)c1ccc(/C(F)=C\C)c(C(=C)c2ccc(Cl)cc2Cl)c1. The summed E-state index contributed by atoms with van der Waals surface area (Å²) >= 11 is 12.2. The van der Waals surface area contributed by atoms with Gasteiger partial charge >= 0.3 is 0 Å². The zero-order chi connectivity index (χ0) is 20.1. The number of nitrogens with two attached hydrogens (primary N) is 1. The quantitative estimate of drug-likeness (QED) is 0.417. The van der Waals surface area contributed by atoms with Gasteiger partial charge in [-0.05, 0) is 48.2 Å². The van der Waals surface area contributed by atoms with E-state index < -0.39 is 11.7 Å². The van der Waals surface area contributed by atoms with E-state index in [2.05, 4.69) is 17.5 Å². The molecule has 136 valence electrons. The second-order valence-corrected chi connectivity index (χ2v) is 6.29. The minimum Gasteiger partial charge on any atom is -0.376 e. The van der Waals surface area contributed by atoms with Crippen molar-refractivity contribution in [2.75, 3.05) is 0 Å². The van der Waals surface area contributed by atoms with E-state index in [9.17, 15) is 9.18 Å². The fourth-order valence-electron chi connectivity index (χ4n) is 2.38. The van der Waals surface area contributed by atoms with Gasteiger partial charge in [-0.2, -0.15) is 4.99 Å². The number of hydrogen-bond acceptors (Lipinski definition) is 1. The van der Waals surface area contributed by atoms with Gasteiger partial charge in [-0.25, -0.2) is 4.39 Å². The Morgan fingerprint density at radius 1 is 1.22 bits per heavy atom. The number of carbonyl (C=O) groups excluding carboxylic acids is 1. The third-order valence-corrected chi connectivity index (χ3v) is 4.28. The topological polar surface area (TPSA) is 55.4 Å². The number of amidine groups is 1. The molecule has 2 aromatic rings. The van der Waals surface area contributed by atoms with Gasteiger partial charge < -0.3 is 5.73 Å². The Labute approximate surface area is 167 Å². The molecule has 0 aliphatic rings. The molecule has 0 saturated carbocycles. The number of terminal acetylenes is 1. The van der Waals surface area contributed by atoms with Crippen molar-refractivity contribution in [2.45, 2.75) is 6.92 Å². The Balaban J connectivity index is 2.64. The minimum absolute atomic E-state index is 0.182. The monoisotopic (exact) mass is 400 g/mol. The molecule has 0 radical (unpaired) electrons. The van der Waals surface area contributed by atoms with Crippen LogP contribution < -0.4 is 5.73 Å². The molecule has 2 aromatic carbocycles. The molecule has 0 bridgehead atoms. The molecule has 0 saturated heterocycles. The van der Waals surface area contributed by atoms with Crippen molar-refractivity contribution in [2.24, 2.45) is 10.7 Å². The van der Waals surface area contributed by atoms with Crippen LogP contribution in [0.3, 0.4) is 0 Å². The normalized spacial score (nSPS) is 11.8. The second kappa shape index (κ2) is 8.68. The maximum absolute atomic E-state index is 14.4. The molecule has 27 heavy (non-hydrogen) atoms. The number of amides is 1. The lowest BCUT2D eigenvalue weighted by molar-refractivity contribution is 0.100. The number of allylic oxidation sites excluding steroid dienone is 1. The van der Waals surface area contributed by atoms with Gasteiger partial charge in [-0.1, -0.05) is 48.0 Å². The van der Waals surface area contributed by atoms with E-state index in [0.29, 0.717) is 26.7 Å². The van der Waals surface area contributed by atoms with Crippen molar-refractivity contribution >= 4 is 46.3 Å². The lowest BCUT2D eigenvalue weighted by Crippen LogP contribution is -2.11. The smallest absolute Gasteiger partial charge is 0.279 e. The maximum atomic E-state index is 14.4. The molecule has 0 spiro atoms. The lowest BCUT2D eigenvalue weighted by Gasteiger charge is -2.14. The van der Waals surface area contributed by atoms with Crippen LogP contribution in [0, 0.1) is 12.3 Å². The summed E-state index contributed by atoms with van der Waals surface area (Å²) in [5.74, 6) is 0.710. The van der Waals surface area contributed by atoms with E-state index >= 15 is 0 Å². The fraction of sp³-hybridized carbons (Fsp3) is 0.0476. The Kier molecular flexibility index (Phi) is 6.57. The number of halogens is 3. The zero-order valence-corrected chi connectivity index (χ0v) is 15.9. The maximum Gasteiger partial charge on any atom is 0.279 e. The van der Waals surface area contributed by atoms with Crippen LogP contribution in [0.15, 0.2) is 54.0 Å². The van der Waals surface area contributed by atoms with Crippen molar-refractivity contribution in [3.05, 3.63) is 81.4 Å². The molecule has 0 aliphatic carbocycles. The average molecular weight is 401 g/mol. The number of rotatable bonds is 4. The summed E-state index contributed by atoms with van der Waals surface area (Å²) in [5.41, 5.74) is 7.22. The third-order valence-electron chi connectivity index (χ3n) is 3.73. The standard InChI is InChI=1S/C21H15Cl2FN2O/c1-4-19(24)16-8-6-13(21(27)26-20(25)5-2)10-17(16)12(3)15-9-7-14(22)11-18(15)23/h2,4,6-11H,3H2,1H3,(H2,25,26,27)/b19-4+. The van der Waals surface area contributed by atoms with Gasteiger partial charge in [0.2, 0.25) is 0 Å². The molecule has 0 aliphatic heterocycles. The van der Waals surface area contributed by atoms with E-state index in [1.165, 1.54) is 24.3 Å². The van der Waals surface area contributed by atoms with Crippen LogP contribution in [-0.4, -0.2) is 11.7 Å². The molecule has 2 rings (SSSR count). The Morgan fingerprint density at radius 2 is 1.89 bits per heavy atom. The van der Waals surface area contributed by atoms with E-state index in [4.69, 9.17) is 35.4 Å². The molecule has 0 aromatic heterocycles. The first-order valence-electron chi connectivity index (χ1n) is 7.74. The van der Waals surface area contributed by atoms with Crippen LogP contribution in [0.4, 0.5) is 4.39 Å². The lowest BCUT2D eigenvalue weighted by atomic mass is 9.92. The largest absolute Gasteiger partial charge is 0.376 e. The molecule has 0 heterocycles. The summed E-state index contributed by atoms with van der Waals surface area (Å²) in [6.45, 7) is 5.58. The Bertz CT molecular complexity index is 1030.